The van der Waals surface area contributed by atoms with Crippen LogP contribution in [-0.4, -0.2) is 42.8 Å². The summed E-state index contributed by atoms with van der Waals surface area (Å²) in [5, 5.41) is 2.78. The molecule has 0 saturated carbocycles. The molecule has 3 fully saturated rings. The molecule has 3 atom stereocenters. The van der Waals surface area contributed by atoms with Crippen LogP contribution in [0.25, 0.3) is 0 Å². The quantitative estimate of drug-likeness (QED) is 0.581. The molecule has 72 valence electrons. The Morgan fingerprint density at radius 2 is 2.54 bits per heavy atom. The van der Waals surface area contributed by atoms with Gasteiger partial charge in [0.05, 0.1) is 6.54 Å². The number of rotatable bonds is 0. The van der Waals surface area contributed by atoms with Crippen LogP contribution in [0.15, 0.2) is 0 Å². The molecule has 2 unspecified atom stereocenters. The van der Waals surface area contributed by atoms with Crippen molar-refractivity contribution >= 4 is 6.09 Å². The van der Waals surface area contributed by atoms with Crippen LogP contribution in [0.2, 0.25) is 0 Å². The van der Waals surface area contributed by atoms with Crippen LogP contribution in [-0.2, 0) is 4.74 Å². The van der Waals surface area contributed by atoms with E-state index in [4.69, 9.17) is 4.74 Å². The van der Waals surface area contributed by atoms with E-state index in [0.717, 1.165) is 13.1 Å². The predicted octanol–water partition coefficient (Wildman–Crippen LogP) is 0.191. The first kappa shape index (κ1) is 7.62. The summed E-state index contributed by atoms with van der Waals surface area (Å²) in [4.78, 5) is 13.5. The van der Waals surface area contributed by atoms with E-state index in [1.54, 1.807) is 0 Å². The van der Waals surface area contributed by atoms with E-state index in [2.05, 4.69) is 10.2 Å². The van der Waals surface area contributed by atoms with Crippen LogP contribution in [0.3, 0.4) is 0 Å². The second-order valence-corrected chi connectivity index (χ2v) is 4.38. The molecule has 4 nitrogen and oxygen atoms in total. The van der Waals surface area contributed by atoms with E-state index < -0.39 is 0 Å². The molecule has 3 heterocycles. The topological polar surface area (TPSA) is 41.6 Å². The van der Waals surface area contributed by atoms with Crippen LogP contribution >= 0.6 is 0 Å². The minimum absolute atomic E-state index is 0.173. The number of amides is 1. The normalized spacial score (nSPS) is 47.8. The lowest BCUT2D eigenvalue weighted by Crippen LogP contribution is -2.40. The lowest BCUT2D eigenvalue weighted by atomic mass is 9.87. The summed E-state index contributed by atoms with van der Waals surface area (Å²) in [5.41, 5.74) is -0.173. The number of nitrogens with one attached hydrogen (secondary N) is 1. The fourth-order valence-corrected chi connectivity index (χ4v) is 2.93. The summed E-state index contributed by atoms with van der Waals surface area (Å²) in [6.45, 7) is 3.95. The van der Waals surface area contributed by atoms with Crippen molar-refractivity contribution < 1.29 is 9.53 Å². The molecule has 1 amide bonds. The van der Waals surface area contributed by atoms with E-state index in [9.17, 15) is 4.79 Å². The number of hydrogen-bond acceptors (Lipinski definition) is 3. The van der Waals surface area contributed by atoms with E-state index >= 15 is 0 Å². The van der Waals surface area contributed by atoms with Crippen LogP contribution in [0.4, 0.5) is 4.79 Å². The third kappa shape index (κ3) is 0.981. The third-order valence-electron chi connectivity index (χ3n) is 3.57. The standard InChI is InChI=1S/C9H14N2O2/c12-8-10-5-9(13-8)6-11-3-1-2-7(9)4-11/h7H,1-6H2,(H,10,12)/t7-,9?/m0/s1. The summed E-state index contributed by atoms with van der Waals surface area (Å²) in [6, 6.07) is 0. The van der Waals surface area contributed by atoms with Crippen molar-refractivity contribution in [3.63, 3.8) is 0 Å². The molecule has 4 heteroatoms. The third-order valence-corrected chi connectivity index (χ3v) is 3.57. The zero-order chi connectivity index (χ0) is 8.89. The number of alkyl carbamates (subject to hydrolysis) is 1. The van der Waals surface area contributed by atoms with Gasteiger partial charge in [0, 0.05) is 19.0 Å². The number of piperidine rings is 1. The highest BCUT2D eigenvalue weighted by Gasteiger charge is 2.53. The monoisotopic (exact) mass is 182 g/mol. The molecule has 0 aliphatic carbocycles. The fraction of sp³-hybridized carbons (Fsp3) is 0.889. The predicted molar refractivity (Wildman–Crippen MR) is 46.4 cm³/mol. The number of carbonyl (C=O) groups excluding carboxylic acids is 1. The number of ether oxygens (including phenoxy) is 1. The maximum atomic E-state index is 11.0. The number of fused-ring (bicyclic) bond motifs is 3. The average Bonchev–Trinajstić information content (AvgIpc) is 2.58. The summed E-state index contributed by atoms with van der Waals surface area (Å²) in [6.07, 6.45) is 2.24. The van der Waals surface area contributed by atoms with Crippen molar-refractivity contribution in [1.82, 2.24) is 10.2 Å². The van der Waals surface area contributed by atoms with Gasteiger partial charge >= 0.3 is 6.09 Å². The highest BCUT2D eigenvalue weighted by molar-refractivity contribution is 5.70. The number of nitrogens with zero attached hydrogens (tertiary/aromatic N) is 1. The van der Waals surface area contributed by atoms with Crippen molar-refractivity contribution in [2.45, 2.75) is 18.4 Å². The minimum Gasteiger partial charge on any atom is -0.439 e. The molecule has 3 aliphatic rings. The molecule has 0 aromatic rings. The Bertz CT molecular complexity index is 256. The number of hydrogen-bond donors (Lipinski definition) is 1. The van der Waals surface area contributed by atoms with Gasteiger partial charge in [-0.3, -0.25) is 4.90 Å². The Hall–Kier alpha value is -0.770. The number of carbonyl (C=O) groups is 1. The van der Waals surface area contributed by atoms with Gasteiger partial charge in [-0.25, -0.2) is 4.79 Å². The Morgan fingerprint density at radius 3 is 3.23 bits per heavy atom. The molecule has 2 bridgehead atoms. The van der Waals surface area contributed by atoms with Gasteiger partial charge in [0.1, 0.15) is 5.60 Å². The van der Waals surface area contributed by atoms with E-state index in [-0.39, 0.29) is 11.7 Å². The maximum absolute atomic E-state index is 11.0. The first-order valence-electron chi connectivity index (χ1n) is 4.98. The molecule has 13 heavy (non-hydrogen) atoms. The summed E-state index contributed by atoms with van der Waals surface area (Å²) >= 11 is 0. The molecule has 3 rings (SSSR count). The van der Waals surface area contributed by atoms with Crippen LogP contribution < -0.4 is 5.32 Å². The van der Waals surface area contributed by atoms with Crippen molar-refractivity contribution in [2.24, 2.45) is 5.92 Å². The second kappa shape index (κ2) is 2.38. The molecular formula is C9H14N2O2. The summed E-state index contributed by atoms with van der Waals surface area (Å²) < 4.78 is 5.43. The van der Waals surface area contributed by atoms with E-state index in [1.807, 2.05) is 0 Å². The van der Waals surface area contributed by atoms with Gasteiger partial charge in [-0.2, -0.15) is 0 Å². The molecule has 1 spiro atoms. The minimum atomic E-state index is -0.228. The van der Waals surface area contributed by atoms with Crippen molar-refractivity contribution in [1.29, 1.82) is 0 Å². The molecule has 0 aromatic carbocycles. The molecule has 0 aromatic heterocycles. The van der Waals surface area contributed by atoms with Gasteiger partial charge in [-0.05, 0) is 19.4 Å². The zero-order valence-corrected chi connectivity index (χ0v) is 7.58. The summed E-state index contributed by atoms with van der Waals surface area (Å²) in [5.74, 6) is 0.570. The smallest absolute Gasteiger partial charge is 0.407 e. The molecule has 3 aliphatic heterocycles. The van der Waals surface area contributed by atoms with Gasteiger partial charge < -0.3 is 10.1 Å². The van der Waals surface area contributed by atoms with Crippen molar-refractivity contribution in [3.05, 3.63) is 0 Å². The Balaban J connectivity index is 1.87. The largest absolute Gasteiger partial charge is 0.439 e. The SMILES string of the molecule is O=C1NCC2(CN3CCC[C@H]2C3)O1. The highest BCUT2D eigenvalue weighted by atomic mass is 16.6. The van der Waals surface area contributed by atoms with Gasteiger partial charge in [0.2, 0.25) is 0 Å². The maximum Gasteiger partial charge on any atom is 0.407 e. The second-order valence-electron chi connectivity index (χ2n) is 4.38. The molecular weight excluding hydrogens is 168 g/mol. The van der Waals surface area contributed by atoms with Crippen molar-refractivity contribution in [2.75, 3.05) is 26.2 Å². The first-order valence-corrected chi connectivity index (χ1v) is 4.98. The lowest BCUT2D eigenvalue weighted by Gasteiger charge is -2.26. The molecule has 1 N–H and O–H groups in total. The van der Waals surface area contributed by atoms with E-state index in [1.165, 1.54) is 19.4 Å². The molecule has 0 radical (unpaired) electrons. The van der Waals surface area contributed by atoms with Gasteiger partial charge in [0.15, 0.2) is 0 Å². The highest BCUT2D eigenvalue weighted by Crippen LogP contribution is 2.39. The van der Waals surface area contributed by atoms with Crippen LogP contribution in [0.1, 0.15) is 12.8 Å². The van der Waals surface area contributed by atoms with E-state index in [0.29, 0.717) is 12.5 Å². The lowest BCUT2D eigenvalue weighted by molar-refractivity contribution is 0.0353. The first-order chi connectivity index (χ1) is 6.28. The Labute approximate surface area is 77.2 Å². The zero-order valence-electron chi connectivity index (χ0n) is 7.58. The van der Waals surface area contributed by atoms with Gasteiger partial charge in [-0.15, -0.1) is 0 Å². The summed E-state index contributed by atoms with van der Waals surface area (Å²) in [7, 11) is 0. The fourth-order valence-electron chi connectivity index (χ4n) is 2.93. The van der Waals surface area contributed by atoms with Crippen LogP contribution in [0.5, 0.6) is 0 Å². The van der Waals surface area contributed by atoms with Crippen LogP contribution in [0, 0.1) is 5.92 Å². The van der Waals surface area contributed by atoms with Gasteiger partial charge in [-0.1, -0.05) is 0 Å². The molecule has 3 saturated heterocycles. The average molecular weight is 182 g/mol. The van der Waals surface area contributed by atoms with Crippen molar-refractivity contribution in [3.8, 4) is 0 Å². The Kier molecular flexibility index (Phi) is 1.39. The Morgan fingerprint density at radius 1 is 1.62 bits per heavy atom. The van der Waals surface area contributed by atoms with Gasteiger partial charge in [0.25, 0.3) is 0 Å².